The molecule has 1 amide bonds. The summed E-state index contributed by atoms with van der Waals surface area (Å²) in [4.78, 5) is 18.5. The van der Waals surface area contributed by atoms with E-state index in [2.05, 4.69) is 40.1 Å². The first-order chi connectivity index (χ1) is 10.0. The third-order valence-corrected chi connectivity index (χ3v) is 4.48. The molecule has 0 saturated heterocycles. The van der Waals surface area contributed by atoms with Gasteiger partial charge in [0.2, 0.25) is 5.91 Å². The molecule has 0 unspecified atom stereocenters. The van der Waals surface area contributed by atoms with Gasteiger partial charge in [-0.05, 0) is 27.2 Å². The maximum absolute atomic E-state index is 11.7. The second kappa shape index (κ2) is 7.04. The van der Waals surface area contributed by atoms with Gasteiger partial charge in [-0.15, -0.1) is 11.3 Å². The minimum atomic E-state index is 0.110. The molecule has 116 valence electrons. The van der Waals surface area contributed by atoms with Gasteiger partial charge in [0.05, 0.1) is 11.4 Å². The second-order valence-corrected chi connectivity index (χ2v) is 6.66. The maximum atomic E-state index is 11.7. The molecular weight excluding hydrogens is 284 g/mol. The van der Waals surface area contributed by atoms with Crippen LogP contribution in [-0.2, 0) is 11.3 Å². The number of hydrogen-bond acceptors (Lipinski definition) is 4. The van der Waals surface area contributed by atoms with Crippen LogP contribution in [0.5, 0.6) is 0 Å². The molecule has 0 spiro atoms. The van der Waals surface area contributed by atoms with Crippen LogP contribution in [0.3, 0.4) is 0 Å². The zero-order valence-corrected chi connectivity index (χ0v) is 14.0. The molecule has 2 N–H and O–H groups in total. The summed E-state index contributed by atoms with van der Waals surface area (Å²) in [5.41, 5.74) is 2.23. The van der Waals surface area contributed by atoms with Gasteiger partial charge in [0.1, 0.15) is 0 Å². The normalized spacial score (nSPS) is 12.8. The number of aromatic nitrogens is 2. The van der Waals surface area contributed by atoms with Gasteiger partial charge >= 0.3 is 0 Å². The first-order valence-electron chi connectivity index (χ1n) is 7.45. The molecule has 0 fully saturated rings. The highest BCUT2D eigenvalue weighted by atomic mass is 32.1. The molecule has 2 rings (SSSR count). The molecule has 0 aromatic carbocycles. The molecular formula is C15H24N4OS. The van der Waals surface area contributed by atoms with Gasteiger partial charge in [0.25, 0.3) is 0 Å². The number of aryl methyl sites for hydroxylation is 2. The Labute approximate surface area is 129 Å². The van der Waals surface area contributed by atoms with E-state index < -0.39 is 0 Å². The molecule has 21 heavy (non-hydrogen) atoms. The van der Waals surface area contributed by atoms with Crippen LogP contribution in [0.15, 0.2) is 6.20 Å². The molecule has 2 aromatic rings. The molecule has 0 bridgehead atoms. The molecule has 5 nitrogen and oxygen atoms in total. The van der Waals surface area contributed by atoms with Crippen molar-refractivity contribution in [1.29, 1.82) is 0 Å². The van der Waals surface area contributed by atoms with Gasteiger partial charge in [0.15, 0.2) is 4.96 Å². The van der Waals surface area contributed by atoms with Crippen molar-refractivity contribution in [3.63, 3.8) is 0 Å². The Bertz CT molecular complexity index is 616. The Balaban J connectivity index is 1.82. The molecule has 2 aromatic heterocycles. The van der Waals surface area contributed by atoms with Gasteiger partial charge in [-0.3, -0.25) is 9.20 Å². The summed E-state index contributed by atoms with van der Waals surface area (Å²) in [7, 11) is 0. The maximum Gasteiger partial charge on any atom is 0.221 e. The fourth-order valence-electron chi connectivity index (χ4n) is 2.18. The highest BCUT2D eigenvalue weighted by Crippen LogP contribution is 2.20. The lowest BCUT2D eigenvalue weighted by molar-refractivity contribution is -0.121. The summed E-state index contributed by atoms with van der Waals surface area (Å²) in [5.74, 6) is 0.110. The number of nitrogens with zero attached hydrogens (tertiary/aromatic N) is 2. The average Bonchev–Trinajstić information content (AvgIpc) is 2.90. The smallest absolute Gasteiger partial charge is 0.221 e. The molecule has 0 saturated carbocycles. The topological polar surface area (TPSA) is 58.4 Å². The number of hydrogen-bond donors (Lipinski definition) is 2. The summed E-state index contributed by atoms with van der Waals surface area (Å²) in [6.45, 7) is 9.63. The van der Waals surface area contributed by atoms with Crippen LogP contribution in [0, 0.1) is 13.8 Å². The second-order valence-electron chi connectivity index (χ2n) is 5.44. The predicted octanol–water partition coefficient (Wildman–Crippen LogP) is 2.41. The highest BCUT2D eigenvalue weighted by Gasteiger charge is 2.11. The Morgan fingerprint density at radius 3 is 2.95 bits per heavy atom. The quantitative estimate of drug-likeness (QED) is 0.772. The molecule has 0 aliphatic carbocycles. The van der Waals surface area contributed by atoms with Gasteiger partial charge in [0, 0.05) is 36.6 Å². The van der Waals surface area contributed by atoms with Crippen LogP contribution in [0.25, 0.3) is 4.96 Å². The van der Waals surface area contributed by atoms with E-state index in [1.54, 1.807) is 11.3 Å². The molecule has 2 heterocycles. The first kappa shape index (κ1) is 16.0. The largest absolute Gasteiger partial charge is 0.354 e. The first-order valence-corrected chi connectivity index (χ1v) is 8.27. The number of rotatable bonds is 7. The Morgan fingerprint density at radius 1 is 1.48 bits per heavy atom. The SMILES string of the molecule is CC[C@@H](C)NC(=O)CCNCc1c(C)nc2sc(C)cn12. The number of carbonyl (C=O) groups is 1. The number of thiazole rings is 1. The van der Waals surface area contributed by atoms with E-state index in [0.29, 0.717) is 13.0 Å². The Kier molecular flexibility index (Phi) is 5.36. The summed E-state index contributed by atoms with van der Waals surface area (Å²) >= 11 is 1.70. The summed E-state index contributed by atoms with van der Waals surface area (Å²) in [6.07, 6.45) is 3.59. The van der Waals surface area contributed by atoms with E-state index in [1.807, 2.05) is 13.8 Å². The van der Waals surface area contributed by atoms with E-state index in [0.717, 1.165) is 23.6 Å². The lowest BCUT2D eigenvalue weighted by atomic mass is 10.2. The predicted molar refractivity (Wildman–Crippen MR) is 86.8 cm³/mol. The average molecular weight is 308 g/mol. The number of nitrogens with one attached hydrogen (secondary N) is 2. The summed E-state index contributed by atoms with van der Waals surface area (Å²) in [5, 5.41) is 6.31. The van der Waals surface area contributed by atoms with Crippen LogP contribution < -0.4 is 10.6 Å². The van der Waals surface area contributed by atoms with Crippen molar-refractivity contribution in [1.82, 2.24) is 20.0 Å². The Hall–Kier alpha value is -1.40. The summed E-state index contributed by atoms with van der Waals surface area (Å²) < 4.78 is 2.14. The number of fused-ring (bicyclic) bond motifs is 1. The van der Waals surface area contributed by atoms with Gasteiger partial charge in [-0.25, -0.2) is 4.98 Å². The van der Waals surface area contributed by atoms with Crippen molar-refractivity contribution < 1.29 is 4.79 Å². The third-order valence-electron chi connectivity index (χ3n) is 3.58. The van der Waals surface area contributed by atoms with Gasteiger partial charge in [-0.2, -0.15) is 0 Å². The summed E-state index contributed by atoms with van der Waals surface area (Å²) in [6, 6.07) is 0.253. The van der Waals surface area contributed by atoms with E-state index >= 15 is 0 Å². The minimum absolute atomic E-state index is 0.110. The number of carbonyl (C=O) groups excluding carboxylic acids is 1. The highest BCUT2D eigenvalue weighted by molar-refractivity contribution is 7.17. The van der Waals surface area contributed by atoms with E-state index in [9.17, 15) is 4.79 Å². The molecule has 1 atom stereocenters. The van der Waals surface area contributed by atoms with Crippen molar-refractivity contribution >= 4 is 22.2 Å². The fraction of sp³-hybridized carbons (Fsp3) is 0.600. The fourth-order valence-corrected chi connectivity index (χ4v) is 3.07. The van der Waals surface area contributed by atoms with Crippen molar-refractivity contribution in [2.75, 3.05) is 6.54 Å². The van der Waals surface area contributed by atoms with E-state index in [1.165, 1.54) is 10.6 Å². The van der Waals surface area contributed by atoms with Crippen molar-refractivity contribution in [2.24, 2.45) is 0 Å². The number of imidazole rings is 1. The van der Waals surface area contributed by atoms with Crippen molar-refractivity contribution in [3.8, 4) is 0 Å². The molecule has 0 aliphatic heterocycles. The van der Waals surface area contributed by atoms with Crippen molar-refractivity contribution in [3.05, 3.63) is 22.5 Å². The van der Waals surface area contributed by atoms with Crippen molar-refractivity contribution in [2.45, 2.75) is 53.1 Å². The van der Waals surface area contributed by atoms with E-state index in [-0.39, 0.29) is 11.9 Å². The van der Waals surface area contributed by atoms with Crippen LogP contribution in [-0.4, -0.2) is 27.9 Å². The van der Waals surface area contributed by atoms with Gasteiger partial charge < -0.3 is 10.6 Å². The minimum Gasteiger partial charge on any atom is -0.354 e. The zero-order valence-electron chi connectivity index (χ0n) is 13.2. The van der Waals surface area contributed by atoms with E-state index in [4.69, 9.17) is 0 Å². The standard InChI is InChI=1S/C15H24N4OS/c1-5-10(2)17-14(20)6-7-16-8-13-12(4)18-15-19(13)9-11(3)21-15/h9-10,16H,5-8H2,1-4H3,(H,17,20)/t10-/m1/s1. The molecule has 0 aliphatic rings. The molecule has 6 heteroatoms. The zero-order chi connectivity index (χ0) is 15.4. The Morgan fingerprint density at radius 2 is 2.24 bits per heavy atom. The van der Waals surface area contributed by atoms with Crippen LogP contribution in [0.2, 0.25) is 0 Å². The molecule has 0 radical (unpaired) electrons. The van der Waals surface area contributed by atoms with Crippen LogP contribution in [0.1, 0.15) is 43.0 Å². The van der Waals surface area contributed by atoms with Gasteiger partial charge in [-0.1, -0.05) is 6.92 Å². The lowest BCUT2D eigenvalue weighted by Crippen LogP contribution is -2.34. The van der Waals surface area contributed by atoms with Crippen LogP contribution >= 0.6 is 11.3 Å². The number of amides is 1. The van der Waals surface area contributed by atoms with Crippen LogP contribution in [0.4, 0.5) is 0 Å². The lowest BCUT2D eigenvalue weighted by Gasteiger charge is -2.11. The third kappa shape index (κ3) is 4.04. The monoisotopic (exact) mass is 308 g/mol.